The molecule has 6 nitrogen and oxygen atoms in total. The number of ether oxygens (including phenoxy) is 3. The van der Waals surface area contributed by atoms with E-state index in [1.807, 2.05) is 72.8 Å². The molecule has 0 atom stereocenters. The van der Waals surface area contributed by atoms with Crippen LogP contribution in [0.1, 0.15) is 91.4 Å². The molecule has 7 rings (SSSR count). The third-order valence-electron chi connectivity index (χ3n) is 11.3. The monoisotopic (exact) mass is 794 g/mol. The molecule has 0 amide bonds. The molecule has 0 aliphatic heterocycles. The summed E-state index contributed by atoms with van der Waals surface area (Å²) in [6, 6.07) is 52.3. The van der Waals surface area contributed by atoms with Gasteiger partial charge in [0.05, 0.1) is 0 Å². The number of carbonyl (C=O) groups excluding carboxylic acids is 2. The lowest BCUT2D eigenvalue weighted by Crippen LogP contribution is -2.47. The molecule has 0 spiro atoms. The maximum atomic E-state index is 13.4. The molecule has 0 radical (unpaired) electrons. The zero-order valence-electron chi connectivity index (χ0n) is 35.2. The second-order valence-corrected chi connectivity index (χ2v) is 17.1. The molecule has 0 aliphatic carbocycles. The molecule has 0 aliphatic rings. The Bertz CT molecular complexity index is 2560. The second kappa shape index (κ2) is 16.7. The number of hydrogen-bond donors (Lipinski definition) is 1. The van der Waals surface area contributed by atoms with E-state index in [-0.39, 0.29) is 28.1 Å². The fourth-order valence-electron chi connectivity index (χ4n) is 6.83. The standard InChI is InChI=1S/C54H50O6/c1-52(2,3)42-22-34-48(35-23-42)59-47-30-16-40(17-31-47)51(57)41-18-32-49(33-19-41)60-54(6,7)53(4,5)43-20-8-36(9-21-43)37-12-26-45(27-13-37)58-46-28-14-39(15-29-46)50(56)38-10-24-44(55)25-11-38/h8-35,55H,1-7H3. The van der Waals surface area contributed by atoms with Crippen LogP contribution in [-0.2, 0) is 10.8 Å². The van der Waals surface area contributed by atoms with Crippen LogP contribution in [0.2, 0.25) is 0 Å². The Balaban J connectivity index is 0.936. The summed E-state index contributed by atoms with van der Waals surface area (Å²) in [6.45, 7) is 15.1. The number of benzene rings is 7. The van der Waals surface area contributed by atoms with E-state index in [0.29, 0.717) is 45.3 Å². The fourth-order valence-corrected chi connectivity index (χ4v) is 6.83. The van der Waals surface area contributed by atoms with E-state index in [1.54, 1.807) is 48.5 Å². The van der Waals surface area contributed by atoms with Crippen LogP contribution in [0.5, 0.6) is 34.5 Å². The number of phenols is 1. The van der Waals surface area contributed by atoms with Crippen molar-refractivity contribution in [3.05, 3.63) is 203 Å². The highest BCUT2D eigenvalue weighted by atomic mass is 16.5. The minimum absolute atomic E-state index is 0.0714. The molecule has 6 heteroatoms. The van der Waals surface area contributed by atoms with E-state index in [1.165, 1.54) is 17.7 Å². The van der Waals surface area contributed by atoms with Gasteiger partial charge in [0, 0.05) is 27.7 Å². The van der Waals surface area contributed by atoms with Gasteiger partial charge in [0.15, 0.2) is 11.6 Å². The van der Waals surface area contributed by atoms with Gasteiger partial charge in [-0.2, -0.15) is 0 Å². The average Bonchev–Trinajstić information content (AvgIpc) is 3.24. The molecule has 1 N–H and O–H groups in total. The lowest BCUT2D eigenvalue weighted by Gasteiger charge is -2.42. The normalized spacial score (nSPS) is 11.8. The van der Waals surface area contributed by atoms with Crippen molar-refractivity contribution in [2.24, 2.45) is 0 Å². The van der Waals surface area contributed by atoms with Crippen molar-refractivity contribution in [2.75, 3.05) is 0 Å². The third-order valence-corrected chi connectivity index (χ3v) is 11.3. The summed E-state index contributed by atoms with van der Waals surface area (Å²) in [5.41, 5.74) is 5.80. The molecule has 0 fully saturated rings. The van der Waals surface area contributed by atoms with E-state index < -0.39 is 5.60 Å². The summed E-state index contributed by atoms with van der Waals surface area (Å²) in [5, 5.41) is 9.51. The summed E-state index contributed by atoms with van der Waals surface area (Å²) in [5.74, 6) is 3.33. The first-order chi connectivity index (χ1) is 28.6. The fraction of sp³-hybridized carbons (Fsp3) is 0.185. The topological polar surface area (TPSA) is 82.1 Å². The average molecular weight is 795 g/mol. The Morgan fingerprint density at radius 1 is 0.383 bits per heavy atom. The maximum Gasteiger partial charge on any atom is 0.193 e. The highest BCUT2D eigenvalue weighted by Gasteiger charge is 2.40. The molecule has 0 unspecified atom stereocenters. The summed E-state index contributed by atoms with van der Waals surface area (Å²) >= 11 is 0. The lowest BCUT2D eigenvalue weighted by molar-refractivity contribution is 0.0358. The highest BCUT2D eigenvalue weighted by Crippen LogP contribution is 2.39. The molecule has 0 saturated carbocycles. The first-order valence-corrected chi connectivity index (χ1v) is 20.1. The van der Waals surface area contributed by atoms with Crippen molar-refractivity contribution in [1.82, 2.24) is 0 Å². The van der Waals surface area contributed by atoms with Gasteiger partial charge >= 0.3 is 0 Å². The van der Waals surface area contributed by atoms with Crippen LogP contribution in [-0.4, -0.2) is 22.3 Å². The number of hydrogen-bond acceptors (Lipinski definition) is 6. The largest absolute Gasteiger partial charge is 0.508 e. The number of carbonyl (C=O) groups is 2. The smallest absolute Gasteiger partial charge is 0.193 e. The van der Waals surface area contributed by atoms with E-state index in [0.717, 1.165) is 22.4 Å². The molecular weight excluding hydrogens is 745 g/mol. The van der Waals surface area contributed by atoms with Crippen LogP contribution in [0.15, 0.2) is 170 Å². The SMILES string of the molecule is CC(C)(C)c1ccc(Oc2ccc(C(=O)c3ccc(OC(C)(C)C(C)(C)c4ccc(-c5ccc(Oc6ccc(C(=O)c7ccc(O)cc7)cc6)cc5)cc4)cc3)cc2)cc1. The highest BCUT2D eigenvalue weighted by molar-refractivity contribution is 6.09. The van der Waals surface area contributed by atoms with Crippen molar-refractivity contribution < 1.29 is 28.9 Å². The quantitative estimate of drug-likeness (QED) is 0.117. The van der Waals surface area contributed by atoms with Crippen molar-refractivity contribution in [2.45, 2.75) is 64.9 Å². The number of ketones is 2. The molecule has 0 bridgehead atoms. The van der Waals surface area contributed by atoms with Crippen LogP contribution in [0.4, 0.5) is 0 Å². The molecule has 7 aromatic carbocycles. The van der Waals surface area contributed by atoms with Gasteiger partial charge in [-0.1, -0.05) is 83.1 Å². The van der Waals surface area contributed by atoms with Gasteiger partial charge in [-0.15, -0.1) is 0 Å². The molecule has 60 heavy (non-hydrogen) atoms. The molecular formula is C54H50O6. The predicted octanol–water partition coefficient (Wildman–Crippen LogP) is 13.5. The van der Waals surface area contributed by atoms with E-state index >= 15 is 0 Å². The van der Waals surface area contributed by atoms with Gasteiger partial charge in [-0.3, -0.25) is 9.59 Å². The van der Waals surface area contributed by atoms with Crippen molar-refractivity contribution in [3.63, 3.8) is 0 Å². The zero-order chi connectivity index (χ0) is 42.7. The number of phenolic OH excluding ortho intramolecular Hbond substituents is 1. The van der Waals surface area contributed by atoms with E-state index in [4.69, 9.17) is 14.2 Å². The summed E-state index contributed by atoms with van der Waals surface area (Å²) < 4.78 is 18.7. The van der Waals surface area contributed by atoms with Crippen molar-refractivity contribution in [3.8, 4) is 45.6 Å². The summed E-state index contributed by atoms with van der Waals surface area (Å²) in [6.07, 6.45) is 0. The Labute approximate surface area is 353 Å². The lowest BCUT2D eigenvalue weighted by atomic mass is 9.71. The molecule has 0 heterocycles. The second-order valence-electron chi connectivity index (χ2n) is 17.1. The zero-order valence-corrected chi connectivity index (χ0v) is 35.2. The summed E-state index contributed by atoms with van der Waals surface area (Å²) in [4.78, 5) is 26.2. The Morgan fingerprint density at radius 3 is 1.07 bits per heavy atom. The predicted molar refractivity (Wildman–Crippen MR) is 239 cm³/mol. The van der Waals surface area contributed by atoms with Gasteiger partial charge < -0.3 is 19.3 Å². The van der Waals surface area contributed by atoms with Crippen LogP contribution in [0.3, 0.4) is 0 Å². The summed E-state index contributed by atoms with van der Waals surface area (Å²) in [7, 11) is 0. The maximum absolute atomic E-state index is 13.4. The Morgan fingerprint density at radius 2 is 0.683 bits per heavy atom. The first kappa shape index (κ1) is 41.2. The Kier molecular flexibility index (Phi) is 11.5. The van der Waals surface area contributed by atoms with E-state index in [9.17, 15) is 14.7 Å². The van der Waals surface area contributed by atoms with Crippen LogP contribution >= 0.6 is 0 Å². The molecule has 302 valence electrons. The number of aromatic hydroxyl groups is 1. The molecule has 0 saturated heterocycles. The van der Waals surface area contributed by atoms with Gasteiger partial charge in [0.1, 0.15) is 40.1 Å². The molecule has 0 aromatic heterocycles. The first-order valence-electron chi connectivity index (χ1n) is 20.1. The van der Waals surface area contributed by atoms with Gasteiger partial charge in [-0.05, 0) is 163 Å². The Hall–Kier alpha value is -6.92. The van der Waals surface area contributed by atoms with Gasteiger partial charge in [0.2, 0.25) is 0 Å². The minimum atomic E-state index is -0.598. The van der Waals surface area contributed by atoms with Crippen LogP contribution in [0, 0.1) is 0 Å². The minimum Gasteiger partial charge on any atom is -0.508 e. The van der Waals surface area contributed by atoms with Crippen LogP contribution < -0.4 is 14.2 Å². The molecule has 7 aromatic rings. The van der Waals surface area contributed by atoms with Gasteiger partial charge in [0.25, 0.3) is 0 Å². The van der Waals surface area contributed by atoms with E-state index in [2.05, 4.69) is 84.9 Å². The van der Waals surface area contributed by atoms with Gasteiger partial charge in [-0.25, -0.2) is 0 Å². The van der Waals surface area contributed by atoms with Crippen molar-refractivity contribution >= 4 is 11.6 Å². The third kappa shape index (κ3) is 9.35. The van der Waals surface area contributed by atoms with Crippen LogP contribution in [0.25, 0.3) is 11.1 Å². The van der Waals surface area contributed by atoms with Crippen molar-refractivity contribution in [1.29, 1.82) is 0 Å². The number of rotatable bonds is 13.